The highest BCUT2D eigenvalue weighted by atomic mass is 19.4. The zero-order valence-electron chi connectivity index (χ0n) is 27.6. The second-order valence-corrected chi connectivity index (χ2v) is 11.5. The lowest BCUT2D eigenvalue weighted by Gasteiger charge is -2.45. The molecule has 0 radical (unpaired) electrons. The van der Waals surface area contributed by atoms with Gasteiger partial charge in [0.15, 0.2) is 6.29 Å². The Morgan fingerprint density at radius 1 is 0.939 bits per heavy atom. The minimum atomic E-state index is -4.58. The monoisotopic (exact) mass is 678 g/mol. The summed E-state index contributed by atoms with van der Waals surface area (Å²) in [5, 5.41) is 6.42. The number of nitrogens with one attached hydrogen (secondary N) is 2. The number of furan rings is 1. The van der Waals surface area contributed by atoms with Crippen LogP contribution in [0.25, 0.3) is 33.4 Å². The van der Waals surface area contributed by atoms with E-state index in [4.69, 9.17) is 4.42 Å². The lowest BCUT2D eigenvalue weighted by Crippen LogP contribution is -2.56. The molecule has 0 spiro atoms. The number of carbonyl (C=O) groups excluding carboxylic acids is 2. The Kier molecular flexibility index (Phi) is 12.5. The number of carbonyl (C=O) groups is 2. The number of fused-ring (bicyclic) bond motifs is 1. The summed E-state index contributed by atoms with van der Waals surface area (Å²) in [5.41, 5.74) is 4.66. The summed E-state index contributed by atoms with van der Waals surface area (Å²) in [6, 6.07) is 18.9. The molecule has 2 heterocycles. The zero-order chi connectivity index (χ0) is 35.6. The van der Waals surface area contributed by atoms with Crippen LogP contribution >= 0.6 is 0 Å². The normalized spacial score (nSPS) is 16.9. The van der Waals surface area contributed by atoms with E-state index in [9.17, 15) is 27.2 Å². The molecule has 49 heavy (non-hydrogen) atoms. The van der Waals surface area contributed by atoms with Gasteiger partial charge >= 0.3 is 6.36 Å². The summed E-state index contributed by atoms with van der Waals surface area (Å²) in [6.07, 6.45) is 1.53. The van der Waals surface area contributed by atoms with Crippen LogP contribution in [0.5, 0.6) is 0 Å². The highest BCUT2D eigenvalue weighted by Crippen LogP contribution is 2.43. The molecule has 0 atom stereocenters. The molecule has 258 valence electrons. The molecule has 0 unspecified atom stereocenters. The second kappa shape index (κ2) is 16.6. The van der Waals surface area contributed by atoms with Crippen LogP contribution in [0.2, 0.25) is 0 Å². The zero-order valence-corrected chi connectivity index (χ0v) is 27.6. The maximum Gasteiger partial charge on any atom is 0.522 e. The van der Waals surface area contributed by atoms with E-state index in [0.29, 0.717) is 39.2 Å². The fourth-order valence-corrected chi connectivity index (χ4v) is 5.70. The average molecular weight is 679 g/mol. The van der Waals surface area contributed by atoms with Gasteiger partial charge in [-0.25, -0.2) is 14.4 Å². The van der Waals surface area contributed by atoms with Crippen LogP contribution < -0.4 is 10.6 Å². The lowest BCUT2D eigenvalue weighted by atomic mass is 9.73. The van der Waals surface area contributed by atoms with Gasteiger partial charge in [0.25, 0.3) is 0 Å². The van der Waals surface area contributed by atoms with Crippen molar-refractivity contribution < 1.29 is 36.3 Å². The molecule has 1 fully saturated rings. The largest absolute Gasteiger partial charge is 0.522 e. The number of nitrogens with zero attached hydrogens (tertiary/aromatic N) is 2. The summed E-state index contributed by atoms with van der Waals surface area (Å²) in [7, 11) is 5.43. The van der Waals surface area contributed by atoms with E-state index < -0.39 is 18.0 Å². The van der Waals surface area contributed by atoms with Crippen molar-refractivity contribution in [3.05, 3.63) is 107 Å². The highest BCUT2D eigenvalue weighted by Gasteiger charge is 2.51. The number of hydrogen-bond donors (Lipinski definition) is 2. The van der Waals surface area contributed by atoms with Crippen molar-refractivity contribution in [2.45, 2.75) is 50.6 Å². The standard InChI is InChI=1S/C25H19FO3.C10H12F3N3O.C2H7N/c1-2-4-18-12-24-22(13-21(18)19-6-3-5-16(11-19)14-27)23(15-28)25(29-24)17-7-9-20(26)10-8-17;1-14-9(8-15-3-2-4-16-8)5-7(6-9)17-10(11,12)13;1-3-2/h3,5-15H,2,4H2,1H3;2-4,7,14H,5-6H2,1H3;3H,1-2H3. The van der Waals surface area contributed by atoms with Crippen molar-refractivity contribution >= 4 is 23.5 Å². The van der Waals surface area contributed by atoms with Crippen LogP contribution in [0.1, 0.15) is 58.3 Å². The number of alkyl halides is 3. The molecule has 0 bridgehead atoms. The van der Waals surface area contributed by atoms with Gasteiger partial charge in [-0.1, -0.05) is 31.5 Å². The van der Waals surface area contributed by atoms with Crippen LogP contribution in [0.3, 0.4) is 0 Å². The van der Waals surface area contributed by atoms with E-state index in [-0.39, 0.29) is 18.7 Å². The summed E-state index contributed by atoms with van der Waals surface area (Å²) in [4.78, 5) is 31.3. The van der Waals surface area contributed by atoms with Gasteiger partial charge in [0.2, 0.25) is 0 Å². The molecule has 12 heteroatoms. The molecule has 1 aliphatic rings. The molecule has 0 saturated heterocycles. The predicted octanol–water partition coefficient (Wildman–Crippen LogP) is 7.91. The Morgan fingerprint density at radius 3 is 2.18 bits per heavy atom. The van der Waals surface area contributed by atoms with E-state index in [2.05, 4.69) is 32.3 Å². The number of ether oxygens (including phenoxy) is 1. The maximum absolute atomic E-state index is 13.3. The first-order valence-corrected chi connectivity index (χ1v) is 15.7. The molecule has 2 aromatic heterocycles. The minimum absolute atomic E-state index is 0.215. The molecule has 0 amide bonds. The van der Waals surface area contributed by atoms with Crippen molar-refractivity contribution in [1.29, 1.82) is 0 Å². The Labute approximate surface area is 281 Å². The minimum Gasteiger partial charge on any atom is -0.455 e. The van der Waals surface area contributed by atoms with Gasteiger partial charge < -0.3 is 15.1 Å². The van der Waals surface area contributed by atoms with Crippen LogP contribution in [-0.2, 0) is 16.7 Å². The van der Waals surface area contributed by atoms with Crippen LogP contribution in [0, 0.1) is 5.82 Å². The molecule has 1 aliphatic carbocycles. The molecule has 0 aliphatic heterocycles. The third-order valence-electron chi connectivity index (χ3n) is 7.95. The molecule has 1 saturated carbocycles. The summed E-state index contributed by atoms with van der Waals surface area (Å²) in [5.74, 6) is 0.584. The summed E-state index contributed by atoms with van der Waals surface area (Å²) < 4.78 is 59.3. The third kappa shape index (κ3) is 9.02. The number of aromatic nitrogens is 2. The highest BCUT2D eigenvalue weighted by molar-refractivity contribution is 6.04. The molecule has 3 aromatic carbocycles. The van der Waals surface area contributed by atoms with Crippen molar-refractivity contribution in [1.82, 2.24) is 20.6 Å². The first-order valence-electron chi connectivity index (χ1n) is 15.7. The smallest absolute Gasteiger partial charge is 0.455 e. The van der Waals surface area contributed by atoms with Gasteiger partial charge in [-0.3, -0.25) is 14.3 Å². The Balaban J connectivity index is 0.000000229. The van der Waals surface area contributed by atoms with Crippen LogP contribution in [-0.4, -0.2) is 56.1 Å². The van der Waals surface area contributed by atoms with Gasteiger partial charge in [0.05, 0.1) is 17.2 Å². The van der Waals surface area contributed by atoms with E-state index in [1.165, 1.54) is 12.1 Å². The van der Waals surface area contributed by atoms with Gasteiger partial charge in [-0.05, 0) is 106 Å². The van der Waals surface area contributed by atoms with Crippen molar-refractivity contribution in [2.24, 2.45) is 0 Å². The van der Waals surface area contributed by atoms with E-state index >= 15 is 0 Å². The van der Waals surface area contributed by atoms with Gasteiger partial charge in [0, 0.05) is 28.9 Å². The summed E-state index contributed by atoms with van der Waals surface area (Å²) >= 11 is 0. The molecule has 8 nitrogen and oxygen atoms in total. The van der Waals surface area contributed by atoms with Crippen LogP contribution in [0.4, 0.5) is 17.6 Å². The van der Waals surface area contributed by atoms with Gasteiger partial charge in [0.1, 0.15) is 29.3 Å². The maximum atomic E-state index is 13.3. The number of aryl methyl sites for hydroxylation is 1. The van der Waals surface area contributed by atoms with Crippen molar-refractivity contribution in [2.75, 3.05) is 21.1 Å². The quantitative estimate of drug-likeness (QED) is 0.120. The van der Waals surface area contributed by atoms with Crippen LogP contribution in [0.15, 0.2) is 83.5 Å². The molecular formula is C37H38F4N4O4. The third-order valence-corrected chi connectivity index (χ3v) is 7.95. The second-order valence-electron chi connectivity index (χ2n) is 11.5. The first kappa shape index (κ1) is 37.0. The predicted molar refractivity (Wildman–Crippen MR) is 180 cm³/mol. The summed E-state index contributed by atoms with van der Waals surface area (Å²) in [6.45, 7) is 2.10. The first-order chi connectivity index (χ1) is 23.5. The molecule has 5 aromatic rings. The Morgan fingerprint density at radius 2 is 1.61 bits per heavy atom. The SMILES string of the molecule is CCCc1cc2oc(-c3ccc(F)cc3)c(C=O)c2cc1-c1cccc(C=O)c1.CNC.CNC1(c2ncccn2)CC(OC(F)(F)F)C1. The fraction of sp³-hybridized carbons (Fsp3) is 0.297. The van der Waals surface area contributed by atoms with E-state index in [1.54, 1.807) is 43.7 Å². The van der Waals surface area contributed by atoms with Gasteiger partial charge in [-0.15, -0.1) is 13.2 Å². The Hall–Kier alpha value is -4.78. The lowest BCUT2D eigenvalue weighted by molar-refractivity contribution is -0.356. The average Bonchev–Trinajstić information content (AvgIpc) is 3.44. The van der Waals surface area contributed by atoms with Crippen molar-refractivity contribution in [3.63, 3.8) is 0 Å². The number of benzene rings is 3. The number of halogens is 4. The topological polar surface area (TPSA) is 106 Å². The fourth-order valence-electron chi connectivity index (χ4n) is 5.70. The van der Waals surface area contributed by atoms with Gasteiger partial charge in [-0.2, -0.15) is 0 Å². The van der Waals surface area contributed by atoms with E-state index in [0.717, 1.165) is 42.1 Å². The molecule has 6 rings (SSSR count). The number of aldehydes is 2. The number of rotatable bonds is 9. The molecular weight excluding hydrogens is 640 g/mol. The van der Waals surface area contributed by atoms with Crippen molar-refractivity contribution in [3.8, 4) is 22.5 Å². The Bertz CT molecular complexity index is 1840. The molecule has 2 N–H and O–H groups in total. The van der Waals surface area contributed by atoms with E-state index in [1.807, 2.05) is 44.4 Å². The number of hydrogen-bond acceptors (Lipinski definition) is 8.